The van der Waals surface area contributed by atoms with Gasteiger partial charge in [-0.3, -0.25) is 9.69 Å². The smallest absolute Gasteiger partial charge is 0.243 e. The minimum atomic E-state index is -3.49. The van der Waals surface area contributed by atoms with E-state index in [9.17, 15) is 13.2 Å². The van der Waals surface area contributed by atoms with Crippen LogP contribution in [0.2, 0.25) is 0 Å². The normalized spacial score (nSPS) is 26.4. The molecule has 1 aromatic rings. The maximum absolute atomic E-state index is 13.1. The lowest BCUT2D eigenvalue weighted by Gasteiger charge is -2.45. The first-order valence-corrected chi connectivity index (χ1v) is 12.9. The molecule has 0 aromatic heterocycles. The summed E-state index contributed by atoms with van der Waals surface area (Å²) in [6.45, 7) is 7.23. The van der Waals surface area contributed by atoms with Crippen molar-refractivity contribution >= 4 is 15.9 Å². The first kappa shape index (κ1) is 21.8. The average Bonchev–Trinajstić information content (AvgIpc) is 2.73. The Hall–Kier alpha value is -1.44. The molecule has 6 nitrogen and oxygen atoms in total. The lowest BCUT2D eigenvalue weighted by Crippen LogP contribution is -2.55. The van der Waals surface area contributed by atoms with E-state index in [4.69, 9.17) is 0 Å². The molecule has 4 rings (SSSR count). The van der Waals surface area contributed by atoms with Crippen molar-refractivity contribution in [2.75, 3.05) is 39.3 Å². The summed E-state index contributed by atoms with van der Waals surface area (Å²) in [5.41, 5.74) is 1.85. The standard InChI is InChI=1S/C23H35N3O3S/c1-18-9-10-22(19(2)16-18)30(28,29)25-14-12-24(13-15-25)17-23(27)26-11-5-7-20-6-3-4-8-21(20)26/h9-10,16,20-21H,3-8,11-15,17H2,1-2H3/t20-,21-/m0/s1. The van der Waals surface area contributed by atoms with Gasteiger partial charge in [-0.25, -0.2) is 8.42 Å². The summed E-state index contributed by atoms with van der Waals surface area (Å²) in [6.07, 6.45) is 7.35. The number of carbonyl (C=O) groups excluding carboxylic acids is 1. The number of carbonyl (C=O) groups is 1. The third-order valence-electron chi connectivity index (χ3n) is 7.20. The lowest BCUT2D eigenvalue weighted by atomic mass is 9.78. The van der Waals surface area contributed by atoms with Gasteiger partial charge in [0.2, 0.25) is 15.9 Å². The van der Waals surface area contributed by atoms with Crippen LogP contribution >= 0.6 is 0 Å². The van der Waals surface area contributed by atoms with E-state index < -0.39 is 10.0 Å². The maximum atomic E-state index is 13.1. The van der Waals surface area contributed by atoms with E-state index >= 15 is 0 Å². The molecule has 2 atom stereocenters. The van der Waals surface area contributed by atoms with Gasteiger partial charge in [-0.1, -0.05) is 30.5 Å². The van der Waals surface area contributed by atoms with E-state index in [2.05, 4.69) is 9.80 Å². The van der Waals surface area contributed by atoms with Crippen LogP contribution in [-0.4, -0.2) is 73.7 Å². The van der Waals surface area contributed by atoms with Crippen LogP contribution in [0.15, 0.2) is 23.1 Å². The molecule has 0 spiro atoms. The van der Waals surface area contributed by atoms with Crippen LogP contribution in [0.25, 0.3) is 0 Å². The molecule has 1 aliphatic carbocycles. The van der Waals surface area contributed by atoms with Crippen LogP contribution in [-0.2, 0) is 14.8 Å². The van der Waals surface area contributed by atoms with Crippen LogP contribution in [0.5, 0.6) is 0 Å². The fourth-order valence-corrected chi connectivity index (χ4v) is 7.20. The highest BCUT2D eigenvalue weighted by Gasteiger charge is 2.37. The number of hydrogen-bond acceptors (Lipinski definition) is 4. The Kier molecular flexibility index (Phi) is 6.51. The van der Waals surface area contributed by atoms with Gasteiger partial charge in [-0.15, -0.1) is 0 Å². The van der Waals surface area contributed by atoms with Gasteiger partial charge in [0.05, 0.1) is 11.4 Å². The Bertz CT molecular complexity index is 876. The van der Waals surface area contributed by atoms with Crippen molar-refractivity contribution in [1.29, 1.82) is 0 Å². The van der Waals surface area contributed by atoms with Crippen LogP contribution in [0.4, 0.5) is 0 Å². The highest BCUT2D eigenvalue weighted by molar-refractivity contribution is 7.89. The molecule has 0 bridgehead atoms. The fourth-order valence-electron chi connectivity index (χ4n) is 5.57. The minimum Gasteiger partial charge on any atom is -0.338 e. The number of piperidine rings is 1. The number of sulfonamides is 1. The molecule has 166 valence electrons. The maximum Gasteiger partial charge on any atom is 0.243 e. The molecule has 30 heavy (non-hydrogen) atoms. The highest BCUT2D eigenvalue weighted by atomic mass is 32.2. The molecule has 3 aliphatic rings. The predicted octanol–water partition coefficient (Wildman–Crippen LogP) is 2.79. The Morgan fingerprint density at radius 2 is 1.67 bits per heavy atom. The van der Waals surface area contributed by atoms with E-state index in [0.29, 0.717) is 49.6 Å². The van der Waals surface area contributed by atoms with Crippen molar-refractivity contribution in [1.82, 2.24) is 14.1 Å². The van der Waals surface area contributed by atoms with Crippen LogP contribution in [0.1, 0.15) is 49.7 Å². The second kappa shape index (κ2) is 8.97. The Morgan fingerprint density at radius 1 is 0.967 bits per heavy atom. The summed E-state index contributed by atoms with van der Waals surface area (Å²) < 4.78 is 27.7. The predicted molar refractivity (Wildman–Crippen MR) is 118 cm³/mol. The molecular weight excluding hydrogens is 398 g/mol. The fraction of sp³-hybridized carbons (Fsp3) is 0.696. The molecule has 1 saturated carbocycles. The average molecular weight is 434 g/mol. The first-order chi connectivity index (χ1) is 14.4. The number of benzene rings is 1. The van der Waals surface area contributed by atoms with Crippen molar-refractivity contribution in [2.24, 2.45) is 5.92 Å². The number of likely N-dealkylation sites (tertiary alicyclic amines) is 1. The SMILES string of the molecule is Cc1ccc(S(=O)(=O)N2CCN(CC(=O)N3CCC[C@@H]4CCCC[C@@H]43)CC2)c(C)c1. The number of aryl methyl sites for hydroxylation is 2. The molecule has 3 fully saturated rings. The number of amides is 1. The second-order valence-electron chi connectivity index (χ2n) is 9.29. The molecule has 2 saturated heterocycles. The Morgan fingerprint density at radius 3 is 2.40 bits per heavy atom. The van der Waals surface area contributed by atoms with E-state index in [-0.39, 0.29) is 5.91 Å². The Balaban J connectivity index is 1.35. The third-order valence-corrected chi connectivity index (χ3v) is 9.26. The summed E-state index contributed by atoms with van der Waals surface area (Å²) in [6, 6.07) is 5.92. The van der Waals surface area contributed by atoms with Crippen LogP contribution < -0.4 is 0 Å². The van der Waals surface area contributed by atoms with E-state index in [1.165, 1.54) is 25.7 Å². The topological polar surface area (TPSA) is 60.9 Å². The van der Waals surface area contributed by atoms with Crippen LogP contribution in [0.3, 0.4) is 0 Å². The van der Waals surface area contributed by atoms with Gasteiger partial charge < -0.3 is 4.90 Å². The number of nitrogens with zero attached hydrogens (tertiary/aromatic N) is 3. The van der Waals surface area contributed by atoms with Gasteiger partial charge >= 0.3 is 0 Å². The van der Waals surface area contributed by atoms with Crippen molar-refractivity contribution in [3.05, 3.63) is 29.3 Å². The van der Waals surface area contributed by atoms with Gasteiger partial charge in [0.15, 0.2) is 0 Å². The highest BCUT2D eigenvalue weighted by Crippen LogP contribution is 2.35. The van der Waals surface area contributed by atoms with Gasteiger partial charge in [0, 0.05) is 38.8 Å². The van der Waals surface area contributed by atoms with Gasteiger partial charge in [0.1, 0.15) is 0 Å². The zero-order valence-electron chi connectivity index (χ0n) is 18.3. The van der Waals surface area contributed by atoms with Gasteiger partial charge in [-0.2, -0.15) is 4.31 Å². The monoisotopic (exact) mass is 433 g/mol. The molecule has 0 radical (unpaired) electrons. The van der Waals surface area contributed by atoms with E-state index in [1.807, 2.05) is 26.0 Å². The van der Waals surface area contributed by atoms with Crippen molar-refractivity contribution in [2.45, 2.75) is 63.3 Å². The van der Waals surface area contributed by atoms with E-state index in [1.54, 1.807) is 10.4 Å². The summed E-state index contributed by atoms with van der Waals surface area (Å²) in [7, 11) is -3.49. The minimum absolute atomic E-state index is 0.234. The molecule has 1 aromatic carbocycles. The second-order valence-corrected chi connectivity index (χ2v) is 11.2. The summed E-state index contributed by atoms with van der Waals surface area (Å²) in [5.74, 6) is 0.925. The van der Waals surface area contributed by atoms with Crippen molar-refractivity contribution in [3.8, 4) is 0 Å². The number of rotatable bonds is 4. The summed E-state index contributed by atoms with van der Waals surface area (Å²) >= 11 is 0. The summed E-state index contributed by atoms with van der Waals surface area (Å²) in [5, 5.41) is 0. The summed E-state index contributed by atoms with van der Waals surface area (Å²) in [4.78, 5) is 17.7. The molecule has 0 N–H and O–H groups in total. The van der Waals surface area contributed by atoms with E-state index in [0.717, 1.165) is 30.5 Å². The molecular formula is C23H35N3O3S. The quantitative estimate of drug-likeness (QED) is 0.733. The molecule has 2 heterocycles. The number of piperazine rings is 1. The zero-order chi connectivity index (χ0) is 21.3. The Labute approximate surface area is 181 Å². The molecule has 1 amide bonds. The lowest BCUT2D eigenvalue weighted by molar-refractivity contribution is -0.139. The first-order valence-electron chi connectivity index (χ1n) is 11.5. The number of fused-ring (bicyclic) bond motifs is 1. The number of hydrogen-bond donors (Lipinski definition) is 0. The van der Waals surface area contributed by atoms with Crippen LogP contribution in [0, 0.1) is 19.8 Å². The largest absolute Gasteiger partial charge is 0.338 e. The van der Waals surface area contributed by atoms with Crippen molar-refractivity contribution < 1.29 is 13.2 Å². The molecule has 7 heteroatoms. The van der Waals surface area contributed by atoms with Crippen molar-refractivity contribution in [3.63, 3.8) is 0 Å². The zero-order valence-corrected chi connectivity index (χ0v) is 19.2. The molecule has 2 aliphatic heterocycles. The van der Waals surface area contributed by atoms with Gasteiger partial charge in [0.25, 0.3) is 0 Å². The molecule has 0 unspecified atom stereocenters. The third kappa shape index (κ3) is 4.43. The van der Waals surface area contributed by atoms with Gasteiger partial charge in [-0.05, 0) is 57.1 Å².